The van der Waals surface area contributed by atoms with E-state index in [-0.39, 0.29) is 31.5 Å². The lowest BCUT2D eigenvalue weighted by Gasteiger charge is -2.35. The van der Waals surface area contributed by atoms with Gasteiger partial charge in [0.2, 0.25) is 11.8 Å². The molecule has 2 aromatic heterocycles. The first kappa shape index (κ1) is 42.2. The topological polar surface area (TPSA) is 181 Å². The number of likely N-dealkylation sites (tertiary alicyclic amines) is 1. The highest BCUT2D eigenvalue weighted by Gasteiger charge is 2.61. The molecule has 3 heterocycles. The van der Waals surface area contributed by atoms with Gasteiger partial charge in [-0.15, -0.1) is 17.9 Å². The number of carboxylic acids is 1. The molecule has 14 nitrogen and oxygen atoms in total. The van der Waals surface area contributed by atoms with Crippen LogP contribution in [0.4, 0.5) is 9.93 Å². The summed E-state index contributed by atoms with van der Waals surface area (Å²) in [5.41, 5.74) is -0.354. The van der Waals surface area contributed by atoms with Crippen molar-refractivity contribution in [1.29, 1.82) is 0 Å². The highest BCUT2D eigenvalue weighted by Crippen LogP contribution is 2.45. The Morgan fingerprint density at radius 1 is 1.12 bits per heavy atom. The Bertz CT molecular complexity index is 2010. The quantitative estimate of drug-likeness (QED) is 0.113. The van der Waals surface area contributed by atoms with Crippen molar-refractivity contribution in [2.75, 3.05) is 18.5 Å². The number of carbonyl (C=O) groups excluding carboxylic acids is 3. The number of alkyl carbamates (subject to hydrolysis) is 1. The molecule has 2 saturated carbocycles. The number of benzene rings is 1. The van der Waals surface area contributed by atoms with Crippen molar-refractivity contribution in [1.82, 2.24) is 25.5 Å². The molecule has 5 unspecified atom stereocenters. The van der Waals surface area contributed by atoms with Gasteiger partial charge in [-0.1, -0.05) is 33.8 Å². The largest absolute Gasteiger partial charge is 0.492 e. The Balaban J connectivity index is 1.33. The predicted octanol–water partition coefficient (Wildman–Crippen LogP) is 7.31. The first-order valence-corrected chi connectivity index (χ1v) is 21.3. The van der Waals surface area contributed by atoms with Crippen LogP contribution in [-0.4, -0.2) is 92.9 Å². The van der Waals surface area contributed by atoms with Gasteiger partial charge in [0.25, 0.3) is 0 Å². The van der Waals surface area contributed by atoms with E-state index in [1.54, 1.807) is 6.07 Å². The molecule has 308 valence electrons. The normalized spacial score (nSPS) is 22.6. The van der Waals surface area contributed by atoms with E-state index in [2.05, 4.69) is 38.5 Å². The molecule has 3 aromatic rings. The molecule has 1 aromatic carbocycles. The van der Waals surface area contributed by atoms with Crippen LogP contribution in [0.2, 0.25) is 0 Å². The first-order chi connectivity index (χ1) is 27.0. The summed E-state index contributed by atoms with van der Waals surface area (Å²) in [7, 11) is 0. The summed E-state index contributed by atoms with van der Waals surface area (Å²) in [6.45, 7) is 15.7. The van der Waals surface area contributed by atoms with Crippen molar-refractivity contribution in [2.24, 2.45) is 11.3 Å². The number of aliphatic carboxylic acids is 1. The van der Waals surface area contributed by atoms with Gasteiger partial charge in [-0.25, -0.2) is 19.6 Å². The number of ether oxygens (including phenoxy) is 3. The van der Waals surface area contributed by atoms with Crippen LogP contribution in [0.25, 0.3) is 22.3 Å². The minimum absolute atomic E-state index is 0.0213. The molecule has 1 aliphatic heterocycles. The van der Waals surface area contributed by atoms with Crippen molar-refractivity contribution in [3.63, 3.8) is 0 Å². The van der Waals surface area contributed by atoms with Gasteiger partial charge in [-0.2, -0.15) is 0 Å². The highest BCUT2D eigenvalue weighted by atomic mass is 79.9. The molecule has 3 amide bonds. The summed E-state index contributed by atoms with van der Waals surface area (Å²) < 4.78 is 19.1. The van der Waals surface area contributed by atoms with Crippen LogP contribution < -0.4 is 25.4 Å². The van der Waals surface area contributed by atoms with E-state index >= 15 is 0 Å². The Labute approximate surface area is 345 Å². The average Bonchev–Trinajstić information content (AvgIpc) is 3.56. The number of anilines is 1. The van der Waals surface area contributed by atoms with E-state index in [1.807, 2.05) is 59.1 Å². The maximum absolute atomic E-state index is 14.6. The summed E-state index contributed by atoms with van der Waals surface area (Å²) >= 11 is 5.21. The third-order valence-electron chi connectivity index (χ3n) is 10.6. The number of aromatic nitrogens is 2. The van der Waals surface area contributed by atoms with Crippen molar-refractivity contribution < 1.29 is 38.5 Å². The zero-order valence-electron chi connectivity index (χ0n) is 33.4. The second-order valence-corrected chi connectivity index (χ2v) is 18.2. The SMILES string of the molecule is C=CC1CC1(NC(=O)C1CC(Oc2cc(OCCC)c(Br)c3nc(-c4csc(NC(C)C)n4)ccc23)CN1C(=O)C(NC(=O)OC1CCCC1)C(C)(C)C)C(=O)O. The number of hydrogen-bond donors (Lipinski definition) is 4. The minimum Gasteiger partial charge on any atom is -0.492 e. The van der Waals surface area contributed by atoms with Crippen molar-refractivity contribution in [2.45, 2.75) is 122 Å². The van der Waals surface area contributed by atoms with Crippen LogP contribution in [-0.2, 0) is 19.1 Å². The Morgan fingerprint density at radius 2 is 1.86 bits per heavy atom. The summed E-state index contributed by atoms with van der Waals surface area (Å²) in [5, 5.41) is 22.4. The van der Waals surface area contributed by atoms with Gasteiger partial charge in [0, 0.05) is 35.2 Å². The van der Waals surface area contributed by atoms with E-state index in [0.29, 0.717) is 44.9 Å². The summed E-state index contributed by atoms with van der Waals surface area (Å²) in [6, 6.07) is 3.58. The Morgan fingerprint density at radius 3 is 2.49 bits per heavy atom. The number of pyridine rings is 1. The van der Waals surface area contributed by atoms with Crippen LogP contribution >= 0.6 is 27.3 Å². The monoisotopic (exact) mass is 868 g/mol. The standard InChI is InChI=1S/C41H53BrN6O8S/c1-8-16-54-31-18-30(26-14-15-27(44-33(26)32(31)42)28-21-57-38(45-28)43-22(3)4)55-25-17-29(35(49)47-41(37(51)52)19-23(41)9-2)48(20-25)36(50)34(40(5,6)7)46-39(53)56-24-12-10-11-13-24/h9,14-15,18,21-25,29,34H,2,8,10-13,16-17,19-20H2,1,3-7H3,(H,43,45)(H,46,53)(H,47,49)(H,51,52). The molecule has 3 aliphatic rings. The van der Waals surface area contributed by atoms with E-state index < -0.39 is 58.9 Å². The molecular formula is C41H53BrN6O8S. The van der Waals surface area contributed by atoms with Crippen LogP contribution in [0.5, 0.6) is 11.5 Å². The number of hydrogen-bond acceptors (Lipinski definition) is 11. The molecule has 0 bridgehead atoms. The van der Waals surface area contributed by atoms with Gasteiger partial charge in [0.1, 0.15) is 47.0 Å². The molecule has 4 N–H and O–H groups in total. The van der Waals surface area contributed by atoms with Gasteiger partial charge in [-0.3, -0.25) is 9.59 Å². The smallest absolute Gasteiger partial charge is 0.408 e. The maximum atomic E-state index is 14.6. The van der Waals surface area contributed by atoms with Crippen LogP contribution in [0.3, 0.4) is 0 Å². The number of thiazole rings is 1. The molecule has 16 heteroatoms. The van der Waals surface area contributed by atoms with Crippen molar-refractivity contribution in [3.8, 4) is 22.9 Å². The molecule has 6 rings (SSSR count). The second kappa shape index (κ2) is 17.2. The number of halogens is 1. The van der Waals surface area contributed by atoms with Gasteiger partial charge in [0.15, 0.2) is 5.13 Å². The molecule has 2 aliphatic carbocycles. The predicted molar refractivity (Wildman–Crippen MR) is 222 cm³/mol. The number of nitrogens with one attached hydrogen (secondary N) is 3. The summed E-state index contributed by atoms with van der Waals surface area (Å²) in [4.78, 5) is 65.4. The number of rotatable bonds is 15. The van der Waals surface area contributed by atoms with E-state index in [1.165, 1.54) is 22.3 Å². The molecule has 3 fully saturated rings. The number of amides is 3. The lowest BCUT2D eigenvalue weighted by atomic mass is 9.85. The fourth-order valence-corrected chi connectivity index (χ4v) is 8.84. The van der Waals surface area contributed by atoms with Crippen LogP contribution in [0, 0.1) is 11.3 Å². The second-order valence-electron chi connectivity index (χ2n) is 16.5. The lowest BCUT2D eigenvalue weighted by molar-refractivity contribution is -0.146. The fourth-order valence-electron chi connectivity index (χ4n) is 7.46. The third-order valence-corrected chi connectivity index (χ3v) is 12.1. The van der Waals surface area contributed by atoms with Crippen molar-refractivity contribution in [3.05, 3.63) is 40.7 Å². The summed E-state index contributed by atoms with van der Waals surface area (Å²) in [5.74, 6) is -1.83. The lowest BCUT2D eigenvalue weighted by Crippen LogP contribution is -2.59. The van der Waals surface area contributed by atoms with E-state index in [9.17, 15) is 24.3 Å². The molecular weight excluding hydrogens is 816 g/mol. The maximum Gasteiger partial charge on any atom is 0.408 e. The number of carboxylic acid groups (broad SMARTS) is 1. The number of fused-ring (bicyclic) bond motifs is 1. The number of carbonyl (C=O) groups is 4. The fraction of sp³-hybridized carbons (Fsp3) is 0.561. The highest BCUT2D eigenvalue weighted by molar-refractivity contribution is 9.10. The summed E-state index contributed by atoms with van der Waals surface area (Å²) in [6.07, 6.45) is 4.35. The molecule has 0 spiro atoms. The van der Waals surface area contributed by atoms with Gasteiger partial charge in [-0.05, 0) is 85.9 Å². The van der Waals surface area contributed by atoms with E-state index in [0.717, 1.165) is 37.2 Å². The zero-order chi connectivity index (χ0) is 41.2. The van der Waals surface area contributed by atoms with E-state index in [4.69, 9.17) is 24.2 Å². The molecule has 1 saturated heterocycles. The Hall–Kier alpha value is -4.44. The van der Waals surface area contributed by atoms with Crippen LogP contribution in [0.15, 0.2) is 40.7 Å². The van der Waals surface area contributed by atoms with Crippen LogP contribution in [0.1, 0.15) is 86.5 Å². The molecule has 57 heavy (non-hydrogen) atoms. The Kier molecular flexibility index (Phi) is 12.7. The third kappa shape index (κ3) is 9.32. The molecule has 0 radical (unpaired) electrons. The van der Waals surface area contributed by atoms with Crippen molar-refractivity contribution >= 4 is 67.2 Å². The average molecular weight is 870 g/mol. The van der Waals surface area contributed by atoms with Gasteiger partial charge in [0.05, 0.1) is 28.8 Å². The van der Waals surface area contributed by atoms with Gasteiger partial charge < -0.3 is 40.2 Å². The number of nitrogens with zero attached hydrogens (tertiary/aromatic N) is 3. The van der Waals surface area contributed by atoms with Gasteiger partial charge >= 0.3 is 12.1 Å². The molecule has 5 atom stereocenters. The zero-order valence-corrected chi connectivity index (χ0v) is 35.8. The first-order valence-electron chi connectivity index (χ1n) is 19.6. The minimum atomic E-state index is -1.51.